The zero-order valence-corrected chi connectivity index (χ0v) is 18.7. The van der Waals surface area contributed by atoms with Crippen LogP contribution in [0.15, 0.2) is 23.1 Å². The monoisotopic (exact) mass is 459 g/mol. The van der Waals surface area contributed by atoms with Crippen molar-refractivity contribution in [2.24, 2.45) is 0 Å². The molecule has 0 bridgehead atoms. The molecule has 1 amide bonds. The minimum atomic E-state index is -3.81. The number of carbonyl (C=O) groups excluding carboxylic acids is 1. The Morgan fingerprint density at radius 1 is 1.20 bits per heavy atom. The number of nitrogens with zero attached hydrogens (tertiary/aromatic N) is 1. The van der Waals surface area contributed by atoms with Crippen LogP contribution in [0.1, 0.15) is 36.0 Å². The average Bonchev–Trinajstić information content (AvgIpc) is 3.21. The molecule has 1 heterocycles. The molecule has 0 radical (unpaired) electrons. The lowest BCUT2D eigenvalue weighted by Gasteiger charge is -2.26. The van der Waals surface area contributed by atoms with Crippen LogP contribution in [-0.2, 0) is 19.9 Å². The zero-order chi connectivity index (χ0) is 21.8. The first-order valence-electron chi connectivity index (χ1n) is 10.1. The maximum Gasteiger partial charge on any atom is 0.251 e. The van der Waals surface area contributed by atoms with Crippen LogP contribution in [0.2, 0.25) is 0 Å². The van der Waals surface area contributed by atoms with E-state index >= 15 is 0 Å². The van der Waals surface area contributed by atoms with Gasteiger partial charge in [0.2, 0.25) is 10.0 Å². The molecule has 2 fully saturated rings. The summed E-state index contributed by atoms with van der Waals surface area (Å²) in [6, 6.07) is 4.24. The molecule has 0 atom stereocenters. The Labute approximate surface area is 178 Å². The molecule has 2 N–H and O–H groups in total. The molecule has 0 unspecified atom stereocenters. The van der Waals surface area contributed by atoms with Crippen LogP contribution >= 0.6 is 0 Å². The molecule has 1 saturated carbocycles. The van der Waals surface area contributed by atoms with Crippen LogP contribution in [0.3, 0.4) is 0 Å². The molecule has 0 spiro atoms. The first kappa shape index (κ1) is 23.0. The Kier molecular flexibility index (Phi) is 7.38. The van der Waals surface area contributed by atoms with Crippen molar-refractivity contribution in [2.75, 3.05) is 44.8 Å². The van der Waals surface area contributed by atoms with Gasteiger partial charge in [0, 0.05) is 37.8 Å². The van der Waals surface area contributed by atoms with Gasteiger partial charge in [-0.3, -0.25) is 9.69 Å². The van der Waals surface area contributed by atoms with E-state index in [9.17, 15) is 21.6 Å². The first-order valence-corrected chi connectivity index (χ1v) is 13.4. The molecule has 1 saturated heterocycles. The number of methoxy groups -OCH3 is 1. The number of hydrogen-bond donors (Lipinski definition) is 2. The van der Waals surface area contributed by atoms with Crippen molar-refractivity contribution in [1.82, 2.24) is 14.9 Å². The van der Waals surface area contributed by atoms with Crippen molar-refractivity contribution in [2.45, 2.75) is 36.6 Å². The van der Waals surface area contributed by atoms with Crippen molar-refractivity contribution >= 4 is 25.8 Å². The van der Waals surface area contributed by atoms with Gasteiger partial charge in [0.15, 0.2) is 9.84 Å². The summed E-state index contributed by atoms with van der Waals surface area (Å²) in [6.45, 7) is 1.78. The predicted octanol–water partition coefficient (Wildman–Crippen LogP) is 0.376. The lowest BCUT2D eigenvalue weighted by Crippen LogP contribution is -2.43. The molecule has 1 aromatic carbocycles. The summed E-state index contributed by atoms with van der Waals surface area (Å²) in [4.78, 5) is 14.5. The topological polar surface area (TPSA) is 122 Å². The third-order valence-electron chi connectivity index (χ3n) is 5.54. The number of amides is 1. The Bertz CT molecular complexity index is 958. The fourth-order valence-corrected chi connectivity index (χ4v) is 6.53. The molecule has 2 aliphatic rings. The Morgan fingerprint density at radius 2 is 1.87 bits per heavy atom. The van der Waals surface area contributed by atoms with Gasteiger partial charge in [0.05, 0.1) is 18.6 Å². The van der Waals surface area contributed by atoms with Crippen molar-refractivity contribution in [3.05, 3.63) is 23.8 Å². The normalized spacial score (nSPS) is 20.2. The van der Waals surface area contributed by atoms with Gasteiger partial charge in [-0.2, -0.15) is 0 Å². The number of benzene rings is 1. The second kappa shape index (κ2) is 9.63. The van der Waals surface area contributed by atoms with Gasteiger partial charge in [0.25, 0.3) is 5.91 Å². The van der Waals surface area contributed by atoms with Crippen LogP contribution in [-0.4, -0.2) is 78.5 Å². The highest BCUT2D eigenvalue weighted by Crippen LogP contribution is 2.27. The quantitative estimate of drug-likeness (QED) is 0.576. The molecular formula is C19H29N3O6S2. The van der Waals surface area contributed by atoms with Gasteiger partial charge in [-0.05, 0) is 31.0 Å². The number of carbonyl (C=O) groups is 1. The Morgan fingerprint density at radius 3 is 2.50 bits per heavy atom. The molecule has 168 valence electrons. The van der Waals surface area contributed by atoms with Crippen LogP contribution in [0.4, 0.5) is 0 Å². The lowest BCUT2D eigenvalue weighted by molar-refractivity contribution is 0.0948. The van der Waals surface area contributed by atoms with E-state index in [1.165, 1.54) is 25.3 Å². The van der Waals surface area contributed by atoms with E-state index in [1.807, 2.05) is 4.90 Å². The van der Waals surface area contributed by atoms with Gasteiger partial charge in [-0.1, -0.05) is 12.8 Å². The minimum Gasteiger partial charge on any atom is -0.495 e. The van der Waals surface area contributed by atoms with E-state index < -0.39 is 19.9 Å². The van der Waals surface area contributed by atoms with Crippen LogP contribution in [0.25, 0.3) is 0 Å². The van der Waals surface area contributed by atoms with Crippen molar-refractivity contribution in [1.29, 1.82) is 0 Å². The zero-order valence-electron chi connectivity index (χ0n) is 17.1. The summed E-state index contributed by atoms with van der Waals surface area (Å²) >= 11 is 0. The summed E-state index contributed by atoms with van der Waals surface area (Å²) < 4.78 is 56.5. The summed E-state index contributed by atoms with van der Waals surface area (Å²) in [7, 11) is -5.36. The fourth-order valence-electron chi connectivity index (χ4n) is 3.76. The maximum absolute atomic E-state index is 12.8. The second-order valence-electron chi connectivity index (χ2n) is 7.72. The number of nitrogens with one attached hydrogen (secondary N) is 2. The van der Waals surface area contributed by atoms with Gasteiger partial charge >= 0.3 is 0 Å². The third kappa shape index (κ3) is 5.93. The molecule has 0 aromatic heterocycles. The first-order chi connectivity index (χ1) is 14.2. The van der Waals surface area contributed by atoms with Crippen LogP contribution < -0.4 is 14.8 Å². The van der Waals surface area contributed by atoms with E-state index in [4.69, 9.17) is 4.74 Å². The largest absolute Gasteiger partial charge is 0.495 e. The number of sulfone groups is 1. The summed E-state index contributed by atoms with van der Waals surface area (Å²) in [5.74, 6) is 0.0645. The van der Waals surface area contributed by atoms with E-state index in [2.05, 4.69) is 10.0 Å². The Balaban J connectivity index is 1.62. The summed E-state index contributed by atoms with van der Waals surface area (Å²) in [6.07, 6.45) is 3.60. The van der Waals surface area contributed by atoms with Gasteiger partial charge < -0.3 is 10.1 Å². The third-order valence-corrected chi connectivity index (χ3v) is 8.69. The van der Waals surface area contributed by atoms with Crippen molar-refractivity contribution in [3.8, 4) is 5.75 Å². The predicted molar refractivity (Wildman–Crippen MR) is 113 cm³/mol. The average molecular weight is 460 g/mol. The van der Waals surface area contributed by atoms with Crippen molar-refractivity contribution in [3.63, 3.8) is 0 Å². The highest BCUT2D eigenvalue weighted by atomic mass is 32.2. The number of hydrogen-bond acceptors (Lipinski definition) is 7. The van der Waals surface area contributed by atoms with E-state index in [-0.39, 0.29) is 39.7 Å². The SMILES string of the molecule is COc1ccc(C(=O)NCCN2CCS(=O)(=O)CC2)cc1S(=O)(=O)NC1CCCC1. The van der Waals surface area contributed by atoms with Crippen LogP contribution in [0.5, 0.6) is 5.75 Å². The number of sulfonamides is 1. The van der Waals surface area contributed by atoms with Gasteiger partial charge in [-0.15, -0.1) is 0 Å². The molecule has 3 rings (SSSR count). The standard InChI is InChI=1S/C19H29N3O6S2/c1-28-17-7-6-15(14-18(17)30(26,27)21-16-4-2-3-5-16)19(23)20-8-9-22-10-12-29(24,25)13-11-22/h6-7,14,16,21H,2-5,8-13H2,1H3,(H,20,23). The summed E-state index contributed by atoms with van der Waals surface area (Å²) in [5.41, 5.74) is 0.226. The highest BCUT2D eigenvalue weighted by Gasteiger charge is 2.27. The van der Waals surface area contributed by atoms with E-state index in [0.29, 0.717) is 26.2 Å². The van der Waals surface area contributed by atoms with Gasteiger partial charge in [-0.25, -0.2) is 21.6 Å². The second-order valence-corrected chi connectivity index (χ2v) is 11.7. The minimum absolute atomic E-state index is 0.0502. The molecular weight excluding hydrogens is 430 g/mol. The van der Waals surface area contributed by atoms with Crippen LogP contribution in [0, 0.1) is 0 Å². The molecule has 1 aromatic rings. The summed E-state index contributed by atoms with van der Waals surface area (Å²) in [5, 5.41) is 2.77. The molecule has 1 aliphatic heterocycles. The molecule has 1 aliphatic carbocycles. The molecule has 30 heavy (non-hydrogen) atoms. The van der Waals surface area contributed by atoms with E-state index in [1.54, 1.807) is 0 Å². The van der Waals surface area contributed by atoms with E-state index in [0.717, 1.165) is 25.7 Å². The Hall–Kier alpha value is -1.69. The smallest absolute Gasteiger partial charge is 0.251 e. The van der Waals surface area contributed by atoms with Gasteiger partial charge in [0.1, 0.15) is 10.6 Å². The lowest BCUT2D eigenvalue weighted by atomic mass is 10.2. The number of rotatable bonds is 8. The molecule has 9 nitrogen and oxygen atoms in total. The highest BCUT2D eigenvalue weighted by molar-refractivity contribution is 7.91. The molecule has 11 heteroatoms. The maximum atomic E-state index is 12.8. The van der Waals surface area contributed by atoms with Crippen molar-refractivity contribution < 1.29 is 26.4 Å². The fraction of sp³-hybridized carbons (Fsp3) is 0.632. The number of ether oxygens (including phenoxy) is 1.